The molecule has 120 valence electrons. The molecule has 0 amide bonds. The number of hydrogen-bond acceptors (Lipinski definition) is 4. The molecule has 1 aromatic heterocycles. The molecule has 5 heteroatoms. The minimum atomic E-state index is -0.468. The Bertz CT molecular complexity index is 728. The standard InChI is InChI=1S/C18H23BN2O2/c1-12-9-7-8-10-14(12)15-11-16(21-13(2)20-15)19-22-17(3,4)18(5,6)23-19/h7-11H,1-6H3. The zero-order chi connectivity index (χ0) is 16.8. The molecule has 2 heterocycles. The lowest BCUT2D eigenvalue weighted by atomic mass is 9.83. The first-order chi connectivity index (χ1) is 10.7. The van der Waals surface area contributed by atoms with Crippen LogP contribution < -0.4 is 5.59 Å². The van der Waals surface area contributed by atoms with Crippen molar-refractivity contribution in [2.45, 2.75) is 52.7 Å². The van der Waals surface area contributed by atoms with E-state index in [0.717, 1.165) is 22.7 Å². The van der Waals surface area contributed by atoms with Gasteiger partial charge in [-0.1, -0.05) is 24.3 Å². The lowest BCUT2D eigenvalue weighted by molar-refractivity contribution is 0.00578. The summed E-state index contributed by atoms with van der Waals surface area (Å²) in [5.74, 6) is 0.718. The normalized spacial score (nSPS) is 19.1. The van der Waals surface area contributed by atoms with Crippen molar-refractivity contribution >= 4 is 12.7 Å². The molecular formula is C18H23BN2O2. The van der Waals surface area contributed by atoms with E-state index in [1.807, 2.05) is 52.8 Å². The predicted molar refractivity (Wildman–Crippen MR) is 92.7 cm³/mol. The predicted octanol–water partition coefficient (Wildman–Crippen LogP) is 3.06. The maximum absolute atomic E-state index is 6.11. The zero-order valence-electron chi connectivity index (χ0n) is 14.7. The number of benzene rings is 1. The van der Waals surface area contributed by atoms with Gasteiger partial charge in [0.1, 0.15) is 5.82 Å². The molecule has 2 aromatic rings. The Morgan fingerprint density at radius 1 is 0.913 bits per heavy atom. The third kappa shape index (κ3) is 2.91. The quantitative estimate of drug-likeness (QED) is 0.800. The van der Waals surface area contributed by atoms with Crippen LogP contribution in [0.3, 0.4) is 0 Å². The van der Waals surface area contributed by atoms with E-state index in [0.29, 0.717) is 0 Å². The van der Waals surface area contributed by atoms with Crippen LogP contribution in [0.1, 0.15) is 39.1 Å². The highest BCUT2D eigenvalue weighted by molar-refractivity contribution is 6.61. The zero-order valence-corrected chi connectivity index (χ0v) is 14.7. The average Bonchev–Trinajstić information content (AvgIpc) is 2.67. The average molecular weight is 310 g/mol. The fraction of sp³-hybridized carbons (Fsp3) is 0.444. The summed E-state index contributed by atoms with van der Waals surface area (Å²) < 4.78 is 12.2. The molecule has 1 aliphatic rings. The molecule has 0 atom stereocenters. The van der Waals surface area contributed by atoms with E-state index in [2.05, 4.69) is 29.0 Å². The van der Waals surface area contributed by atoms with Crippen LogP contribution in [0.4, 0.5) is 0 Å². The molecule has 23 heavy (non-hydrogen) atoms. The minimum Gasteiger partial charge on any atom is -0.398 e. The summed E-state index contributed by atoms with van der Waals surface area (Å²) in [4.78, 5) is 9.13. The number of aryl methyl sites for hydroxylation is 2. The van der Waals surface area contributed by atoms with Crippen molar-refractivity contribution in [3.63, 3.8) is 0 Å². The number of hydrogen-bond donors (Lipinski definition) is 0. The van der Waals surface area contributed by atoms with Crippen molar-refractivity contribution in [3.8, 4) is 11.3 Å². The Kier molecular flexibility index (Phi) is 3.81. The lowest BCUT2D eigenvalue weighted by Crippen LogP contribution is -2.41. The third-order valence-corrected chi connectivity index (χ3v) is 4.77. The first kappa shape index (κ1) is 16.2. The van der Waals surface area contributed by atoms with Crippen molar-refractivity contribution in [1.82, 2.24) is 9.97 Å². The number of rotatable bonds is 2. The molecule has 1 aliphatic heterocycles. The smallest absolute Gasteiger partial charge is 0.398 e. The topological polar surface area (TPSA) is 44.2 Å². The Morgan fingerprint density at radius 2 is 1.52 bits per heavy atom. The number of aromatic nitrogens is 2. The van der Waals surface area contributed by atoms with E-state index < -0.39 is 7.12 Å². The largest absolute Gasteiger partial charge is 0.514 e. The van der Waals surface area contributed by atoms with Crippen molar-refractivity contribution in [2.24, 2.45) is 0 Å². The van der Waals surface area contributed by atoms with Gasteiger partial charge in [0.05, 0.1) is 22.5 Å². The highest BCUT2D eigenvalue weighted by Crippen LogP contribution is 2.36. The SMILES string of the molecule is Cc1nc(B2OC(C)(C)C(C)(C)O2)cc(-c2ccccc2C)n1. The van der Waals surface area contributed by atoms with Crippen molar-refractivity contribution in [1.29, 1.82) is 0 Å². The molecule has 1 fully saturated rings. The Balaban J connectivity index is 2.02. The van der Waals surface area contributed by atoms with E-state index in [1.165, 1.54) is 5.56 Å². The highest BCUT2D eigenvalue weighted by atomic mass is 16.7. The molecular weight excluding hydrogens is 287 g/mol. The lowest BCUT2D eigenvalue weighted by Gasteiger charge is -2.32. The molecule has 0 bridgehead atoms. The molecule has 3 rings (SSSR count). The first-order valence-electron chi connectivity index (χ1n) is 7.97. The summed E-state index contributed by atoms with van der Waals surface area (Å²) >= 11 is 0. The molecule has 0 aliphatic carbocycles. The summed E-state index contributed by atoms with van der Waals surface area (Å²) in [6, 6.07) is 10.2. The van der Waals surface area contributed by atoms with Gasteiger partial charge in [-0.25, -0.2) is 9.97 Å². The molecule has 1 saturated heterocycles. The van der Waals surface area contributed by atoms with Crippen LogP contribution in [0.15, 0.2) is 30.3 Å². The van der Waals surface area contributed by atoms with Gasteiger partial charge < -0.3 is 9.31 Å². The van der Waals surface area contributed by atoms with Gasteiger partial charge >= 0.3 is 7.12 Å². The van der Waals surface area contributed by atoms with Crippen molar-refractivity contribution < 1.29 is 9.31 Å². The summed E-state index contributed by atoms with van der Waals surface area (Å²) in [5, 5.41) is 0. The summed E-state index contributed by atoms with van der Waals surface area (Å²) in [7, 11) is -0.468. The van der Waals surface area contributed by atoms with Crippen LogP contribution in [-0.2, 0) is 9.31 Å². The van der Waals surface area contributed by atoms with Crippen LogP contribution in [0.2, 0.25) is 0 Å². The summed E-state index contributed by atoms with van der Waals surface area (Å²) in [6.07, 6.45) is 0. The van der Waals surface area contributed by atoms with E-state index in [9.17, 15) is 0 Å². The van der Waals surface area contributed by atoms with Crippen LogP contribution in [0.5, 0.6) is 0 Å². The van der Waals surface area contributed by atoms with Crippen LogP contribution >= 0.6 is 0 Å². The van der Waals surface area contributed by atoms with Gasteiger partial charge in [0.2, 0.25) is 0 Å². The molecule has 1 aromatic carbocycles. The molecule has 0 unspecified atom stereocenters. The van der Waals surface area contributed by atoms with E-state index >= 15 is 0 Å². The maximum atomic E-state index is 6.11. The highest BCUT2D eigenvalue weighted by Gasteiger charge is 2.52. The molecule has 4 nitrogen and oxygen atoms in total. The van der Waals surface area contributed by atoms with Gasteiger partial charge in [0.15, 0.2) is 0 Å². The van der Waals surface area contributed by atoms with Gasteiger partial charge in [-0.3, -0.25) is 0 Å². The second-order valence-electron chi connectivity index (χ2n) is 7.13. The fourth-order valence-electron chi connectivity index (χ4n) is 2.67. The maximum Gasteiger partial charge on any atom is 0.514 e. The monoisotopic (exact) mass is 310 g/mol. The van der Waals surface area contributed by atoms with E-state index in [1.54, 1.807) is 0 Å². The fourth-order valence-corrected chi connectivity index (χ4v) is 2.67. The van der Waals surface area contributed by atoms with Crippen molar-refractivity contribution in [3.05, 3.63) is 41.7 Å². The minimum absolute atomic E-state index is 0.376. The molecule has 0 saturated carbocycles. The van der Waals surface area contributed by atoms with Crippen LogP contribution in [0, 0.1) is 13.8 Å². The van der Waals surface area contributed by atoms with E-state index in [4.69, 9.17) is 9.31 Å². The van der Waals surface area contributed by atoms with Crippen LogP contribution in [0.25, 0.3) is 11.3 Å². The van der Waals surface area contributed by atoms with Gasteiger partial charge in [-0.2, -0.15) is 0 Å². The molecule has 0 spiro atoms. The Hall–Kier alpha value is -1.72. The summed E-state index contributed by atoms with van der Waals surface area (Å²) in [6.45, 7) is 12.2. The first-order valence-corrected chi connectivity index (χ1v) is 7.97. The number of nitrogens with zero attached hydrogens (tertiary/aromatic N) is 2. The van der Waals surface area contributed by atoms with Crippen LogP contribution in [-0.4, -0.2) is 28.3 Å². The van der Waals surface area contributed by atoms with Gasteiger partial charge in [0.25, 0.3) is 0 Å². The Morgan fingerprint density at radius 3 is 2.13 bits per heavy atom. The summed E-state index contributed by atoms with van der Waals surface area (Å²) in [5.41, 5.74) is 3.22. The van der Waals surface area contributed by atoms with Gasteiger partial charge in [0, 0.05) is 5.56 Å². The molecule has 0 radical (unpaired) electrons. The molecule has 0 N–H and O–H groups in total. The van der Waals surface area contributed by atoms with Gasteiger partial charge in [-0.15, -0.1) is 0 Å². The van der Waals surface area contributed by atoms with Gasteiger partial charge in [-0.05, 0) is 53.2 Å². The van der Waals surface area contributed by atoms with E-state index in [-0.39, 0.29) is 11.2 Å². The third-order valence-electron chi connectivity index (χ3n) is 4.77. The second-order valence-corrected chi connectivity index (χ2v) is 7.13. The second kappa shape index (κ2) is 5.43. The Labute approximate surface area is 138 Å². The van der Waals surface area contributed by atoms with Crippen molar-refractivity contribution in [2.75, 3.05) is 0 Å².